The molecule has 0 radical (unpaired) electrons. The van der Waals surface area contributed by atoms with Crippen molar-refractivity contribution in [2.75, 3.05) is 6.54 Å². The van der Waals surface area contributed by atoms with Crippen LogP contribution in [0, 0.1) is 12.7 Å². The average molecular weight is 294 g/mol. The molecule has 0 aliphatic carbocycles. The van der Waals surface area contributed by atoms with Crippen LogP contribution < -0.4 is 10.5 Å². The van der Waals surface area contributed by atoms with Gasteiger partial charge in [0.25, 0.3) is 0 Å². The van der Waals surface area contributed by atoms with Crippen molar-refractivity contribution < 1.29 is 9.13 Å². The zero-order valence-electron chi connectivity index (χ0n) is 11.3. The van der Waals surface area contributed by atoms with Gasteiger partial charge in [-0.05, 0) is 66.9 Å². The second-order valence-electron chi connectivity index (χ2n) is 4.65. The van der Waals surface area contributed by atoms with E-state index in [-0.39, 0.29) is 5.82 Å². The van der Waals surface area contributed by atoms with E-state index in [4.69, 9.17) is 22.1 Å². The third-order valence-corrected chi connectivity index (χ3v) is 3.37. The van der Waals surface area contributed by atoms with Gasteiger partial charge in [0.15, 0.2) is 0 Å². The molecule has 0 atom stereocenters. The lowest BCUT2D eigenvalue weighted by Gasteiger charge is -2.13. The Bertz CT molecular complexity index is 601. The molecule has 0 saturated heterocycles. The number of hydrogen-bond acceptors (Lipinski definition) is 2. The van der Waals surface area contributed by atoms with Crippen LogP contribution in [0.5, 0.6) is 5.75 Å². The number of aryl methyl sites for hydroxylation is 1. The zero-order valence-corrected chi connectivity index (χ0v) is 12.1. The third kappa shape index (κ3) is 3.71. The van der Waals surface area contributed by atoms with Crippen molar-refractivity contribution in [1.29, 1.82) is 0 Å². The molecule has 0 unspecified atom stereocenters. The van der Waals surface area contributed by atoms with Gasteiger partial charge >= 0.3 is 0 Å². The Labute approximate surface area is 123 Å². The van der Waals surface area contributed by atoms with Crippen LogP contribution in [0.4, 0.5) is 4.39 Å². The van der Waals surface area contributed by atoms with Crippen LogP contribution in [-0.2, 0) is 13.0 Å². The molecule has 2 rings (SSSR count). The summed E-state index contributed by atoms with van der Waals surface area (Å²) in [4.78, 5) is 0. The van der Waals surface area contributed by atoms with E-state index in [2.05, 4.69) is 0 Å². The Morgan fingerprint density at radius 1 is 1.15 bits per heavy atom. The summed E-state index contributed by atoms with van der Waals surface area (Å²) in [6.07, 6.45) is 0.692. The summed E-state index contributed by atoms with van der Waals surface area (Å²) in [6.45, 7) is 2.78. The fraction of sp³-hybridized carbons (Fsp3) is 0.250. The van der Waals surface area contributed by atoms with E-state index >= 15 is 0 Å². The minimum atomic E-state index is -0.257. The van der Waals surface area contributed by atoms with Crippen LogP contribution in [0.15, 0.2) is 36.4 Å². The van der Waals surface area contributed by atoms with E-state index in [1.807, 2.05) is 19.1 Å². The molecule has 0 fully saturated rings. The summed E-state index contributed by atoms with van der Waals surface area (Å²) >= 11 is 5.97. The summed E-state index contributed by atoms with van der Waals surface area (Å²) in [5.41, 5.74) is 8.38. The van der Waals surface area contributed by atoms with Crippen molar-refractivity contribution >= 4 is 11.6 Å². The lowest BCUT2D eigenvalue weighted by Crippen LogP contribution is -2.06. The normalized spacial score (nSPS) is 10.6. The number of benzene rings is 2. The molecule has 0 bridgehead atoms. The Morgan fingerprint density at radius 2 is 1.95 bits per heavy atom. The van der Waals surface area contributed by atoms with Crippen molar-refractivity contribution in [2.45, 2.75) is 20.0 Å². The van der Waals surface area contributed by atoms with Crippen molar-refractivity contribution in [3.8, 4) is 5.75 Å². The summed E-state index contributed by atoms with van der Waals surface area (Å²) in [5.74, 6) is 0.482. The van der Waals surface area contributed by atoms with Gasteiger partial charge in [0.05, 0.1) is 0 Å². The molecule has 4 heteroatoms. The number of ether oxygens (including phenoxy) is 1. The third-order valence-electron chi connectivity index (χ3n) is 3.13. The fourth-order valence-electron chi connectivity index (χ4n) is 1.99. The highest BCUT2D eigenvalue weighted by Gasteiger charge is 2.06. The topological polar surface area (TPSA) is 35.2 Å². The number of hydrogen-bond donors (Lipinski definition) is 1. The monoisotopic (exact) mass is 293 g/mol. The van der Waals surface area contributed by atoms with Crippen LogP contribution in [0.1, 0.15) is 16.7 Å². The second kappa shape index (κ2) is 6.73. The highest BCUT2D eigenvalue weighted by Crippen LogP contribution is 2.24. The molecule has 20 heavy (non-hydrogen) atoms. The van der Waals surface area contributed by atoms with Crippen LogP contribution in [0.3, 0.4) is 0 Å². The first-order chi connectivity index (χ1) is 9.60. The number of nitrogens with two attached hydrogens (primary N) is 1. The summed E-state index contributed by atoms with van der Waals surface area (Å²) < 4.78 is 19.0. The van der Waals surface area contributed by atoms with Gasteiger partial charge in [-0.25, -0.2) is 4.39 Å². The predicted octanol–water partition coefficient (Wildman–Crippen LogP) is 3.87. The highest BCUT2D eigenvalue weighted by molar-refractivity contribution is 6.30. The molecule has 0 aliphatic rings. The van der Waals surface area contributed by atoms with E-state index in [1.54, 1.807) is 12.1 Å². The average Bonchev–Trinajstić information content (AvgIpc) is 2.42. The molecule has 2 aromatic rings. The first-order valence-electron chi connectivity index (χ1n) is 6.46. The maximum absolute atomic E-state index is 13.2. The molecule has 0 heterocycles. The molecule has 0 aliphatic heterocycles. The van der Waals surface area contributed by atoms with Crippen molar-refractivity contribution in [3.63, 3.8) is 0 Å². The smallest absolute Gasteiger partial charge is 0.123 e. The van der Waals surface area contributed by atoms with Crippen LogP contribution in [0.2, 0.25) is 5.02 Å². The van der Waals surface area contributed by atoms with Crippen molar-refractivity contribution in [3.05, 3.63) is 63.9 Å². The van der Waals surface area contributed by atoms with Gasteiger partial charge in [-0.15, -0.1) is 0 Å². The predicted molar refractivity (Wildman–Crippen MR) is 79.7 cm³/mol. The van der Waals surface area contributed by atoms with Gasteiger partial charge in [-0.1, -0.05) is 17.7 Å². The van der Waals surface area contributed by atoms with E-state index in [9.17, 15) is 4.39 Å². The SMILES string of the molecule is Cc1ccc(F)cc1COc1ccc(Cl)cc1CCN. The van der Waals surface area contributed by atoms with Gasteiger partial charge in [0, 0.05) is 5.02 Å². The molecular formula is C16H17ClFNO. The maximum atomic E-state index is 13.2. The second-order valence-corrected chi connectivity index (χ2v) is 5.09. The number of rotatable bonds is 5. The van der Waals surface area contributed by atoms with E-state index < -0.39 is 0 Å². The van der Waals surface area contributed by atoms with E-state index in [1.165, 1.54) is 12.1 Å². The van der Waals surface area contributed by atoms with Crippen LogP contribution >= 0.6 is 11.6 Å². The Kier molecular flexibility index (Phi) is 4.99. The lowest BCUT2D eigenvalue weighted by atomic mass is 10.1. The highest BCUT2D eigenvalue weighted by atomic mass is 35.5. The quantitative estimate of drug-likeness (QED) is 0.908. The summed E-state index contributed by atoms with van der Waals surface area (Å²) in [6, 6.07) is 10.1. The minimum Gasteiger partial charge on any atom is -0.489 e. The molecule has 2 nitrogen and oxygen atoms in total. The molecule has 0 spiro atoms. The van der Waals surface area contributed by atoms with E-state index in [0.717, 1.165) is 22.4 Å². The standard InChI is InChI=1S/C16H17ClFNO/c1-11-2-4-15(18)9-13(11)10-20-16-5-3-14(17)8-12(16)6-7-19/h2-5,8-9H,6-7,10,19H2,1H3. The van der Waals surface area contributed by atoms with Gasteiger partial charge in [0.1, 0.15) is 18.2 Å². The van der Waals surface area contributed by atoms with Crippen LogP contribution in [0.25, 0.3) is 0 Å². The Hall–Kier alpha value is -1.58. The van der Waals surface area contributed by atoms with Gasteiger partial charge in [-0.2, -0.15) is 0 Å². The van der Waals surface area contributed by atoms with E-state index in [0.29, 0.717) is 24.6 Å². The first kappa shape index (κ1) is 14.8. The molecule has 0 aromatic heterocycles. The Balaban J connectivity index is 2.16. The molecule has 0 saturated carbocycles. The zero-order chi connectivity index (χ0) is 14.5. The molecular weight excluding hydrogens is 277 g/mol. The van der Waals surface area contributed by atoms with Crippen LogP contribution in [-0.4, -0.2) is 6.54 Å². The maximum Gasteiger partial charge on any atom is 0.123 e. The first-order valence-corrected chi connectivity index (χ1v) is 6.84. The molecule has 0 amide bonds. The minimum absolute atomic E-state index is 0.257. The van der Waals surface area contributed by atoms with Crippen molar-refractivity contribution in [1.82, 2.24) is 0 Å². The van der Waals surface area contributed by atoms with Gasteiger partial charge < -0.3 is 10.5 Å². The summed E-state index contributed by atoms with van der Waals surface area (Å²) in [7, 11) is 0. The lowest BCUT2D eigenvalue weighted by molar-refractivity contribution is 0.301. The number of halogens is 2. The molecule has 2 N–H and O–H groups in total. The largest absolute Gasteiger partial charge is 0.489 e. The fourth-order valence-corrected chi connectivity index (χ4v) is 2.19. The van der Waals surface area contributed by atoms with Crippen molar-refractivity contribution in [2.24, 2.45) is 5.73 Å². The molecule has 2 aromatic carbocycles. The van der Waals surface area contributed by atoms with Gasteiger partial charge in [-0.3, -0.25) is 0 Å². The van der Waals surface area contributed by atoms with Gasteiger partial charge in [0.2, 0.25) is 0 Å². The Morgan fingerprint density at radius 3 is 2.70 bits per heavy atom. The summed E-state index contributed by atoms with van der Waals surface area (Å²) in [5, 5.41) is 0.655. The molecule has 106 valence electrons.